The van der Waals surface area contributed by atoms with Gasteiger partial charge in [-0.2, -0.15) is 0 Å². The molecule has 0 aromatic rings. The Morgan fingerprint density at radius 3 is 1.94 bits per heavy atom. The molecule has 0 radical (unpaired) electrons. The molecule has 0 spiro atoms. The van der Waals surface area contributed by atoms with Gasteiger partial charge >= 0.3 is 17.9 Å². The molecule has 14 heteroatoms. The van der Waals surface area contributed by atoms with E-state index in [4.69, 9.17) is 15.2 Å². The van der Waals surface area contributed by atoms with Gasteiger partial charge in [-0.25, -0.2) is 9.59 Å². The summed E-state index contributed by atoms with van der Waals surface area (Å²) in [4.78, 5) is 87.1. The number of hydrogen-bond acceptors (Lipinski definition) is 9. The van der Waals surface area contributed by atoms with E-state index in [1.165, 1.54) is 35.7 Å². The number of likely N-dealkylation sites (N-methyl/N-ethyl adjacent to an activating group) is 2. The number of esters is 2. The summed E-state index contributed by atoms with van der Waals surface area (Å²) < 4.78 is 11.7. The molecule has 1 aliphatic rings. The lowest BCUT2D eigenvalue weighted by molar-refractivity contribution is -0.173. The van der Waals surface area contributed by atoms with E-state index in [9.17, 15) is 33.9 Å². The predicted octanol–water partition coefficient (Wildman–Crippen LogP) is 4.04. The van der Waals surface area contributed by atoms with E-state index >= 15 is 0 Å². The van der Waals surface area contributed by atoms with Crippen molar-refractivity contribution in [3.05, 3.63) is 0 Å². The standard InChI is InChI=1S/C37H61BrN4O9/c1-12-24(8)31(51-37(49)30(23(6)7)41(11)33(44)28(39)21(2)3)34(45)42-20-16-17-26(42)32(43)40(10)29(22(4)5)36(48)50-27(25(9)35(46)47)18-14-13-15-19-38/h21-31H,12-14,16-18,20,39H2,1-11H3,(H,46,47)/t24-,25-,26-,27+,28-,29-,30-,31-/m0/s1. The third-order valence-electron chi connectivity index (χ3n) is 9.82. The summed E-state index contributed by atoms with van der Waals surface area (Å²) in [6.45, 7) is 16.1. The van der Waals surface area contributed by atoms with Gasteiger partial charge in [0, 0.05) is 48.9 Å². The van der Waals surface area contributed by atoms with Crippen LogP contribution in [0.1, 0.15) is 101 Å². The van der Waals surface area contributed by atoms with Crippen molar-refractivity contribution in [3.63, 3.8) is 0 Å². The molecule has 51 heavy (non-hydrogen) atoms. The lowest BCUT2D eigenvalue weighted by Gasteiger charge is -2.37. The maximum absolute atomic E-state index is 14.2. The first-order chi connectivity index (χ1) is 23.7. The number of nitrogens with two attached hydrogens (primary N) is 1. The number of aliphatic carboxylic acids is 1. The molecular formula is C37H61BrN4O9. The summed E-state index contributed by atoms with van der Waals surface area (Å²) in [7, 11) is 2.98. The first-order valence-corrected chi connectivity index (χ1v) is 18.9. The summed E-state index contributed by atoms with van der Waals surface area (Å²) in [5, 5.41) is 9.66. The molecule has 1 aliphatic heterocycles. The van der Waals surface area contributed by atoms with Crippen LogP contribution >= 0.6 is 15.9 Å². The number of carboxylic acid groups (broad SMARTS) is 1. The van der Waals surface area contributed by atoms with E-state index < -0.39 is 89.8 Å². The third-order valence-corrected chi connectivity index (χ3v) is 10.1. The molecule has 0 aromatic heterocycles. The Hall–Kier alpha value is -3.18. The van der Waals surface area contributed by atoms with E-state index in [0.717, 1.165) is 0 Å². The molecule has 8 atom stereocenters. The Labute approximate surface area is 312 Å². The SMILES string of the molecule is CC[C@H](C)[C@H](OC(=O)[C@H](C(C)C)N(C)C(=O)[C@@H](N)C(C)C)C(=O)N1CCC[C@H]1C(=O)N(C)[C@H](C(=O)O[C@H](CCCC#CBr)[C@H](C)C(=O)O)C(C)C. The van der Waals surface area contributed by atoms with Crippen LogP contribution in [0.15, 0.2) is 0 Å². The van der Waals surface area contributed by atoms with Gasteiger partial charge in [0.1, 0.15) is 24.2 Å². The highest BCUT2D eigenvalue weighted by Gasteiger charge is 2.45. The smallest absolute Gasteiger partial charge is 0.329 e. The number of carbonyl (C=O) groups excluding carboxylic acids is 5. The van der Waals surface area contributed by atoms with Crippen LogP contribution in [0.4, 0.5) is 0 Å². The zero-order chi connectivity index (χ0) is 39.3. The number of ether oxygens (including phenoxy) is 2. The van der Waals surface area contributed by atoms with Crippen molar-refractivity contribution in [1.29, 1.82) is 0 Å². The molecule has 13 nitrogen and oxygen atoms in total. The van der Waals surface area contributed by atoms with Crippen molar-refractivity contribution in [1.82, 2.24) is 14.7 Å². The zero-order valence-corrected chi connectivity index (χ0v) is 33.9. The summed E-state index contributed by atoms with van der Waals surface area (Å²) in [5.41, 5.74) is 6.11. The fraction of sp³-hybridized carbons (Fsp3) is 0.784. The normalized spacial score (nSPS) is 18.5. The largest absolute Gasteiger partial charge is 0.481 e. The molecule has 0 aliphatic carbocycles. The monoisotopic (exact) mass is 784 g/mol. The molecule has 290 valence electrons. The second-order valence-electron chi connectivity index (χ2n) is 14.7. The van der Waals surface area contributed by atoms with Gasteiger partial charge in [0.15, 0.2) is 6.10 Å². The number of amides is 3. The molecule has 0 aromatic carbocycles. The van der Waals surface area contributed by atoms with E-state index in [2.05, 4.69) is 26.7 Å². The second kappa shape index (κ2) is 21.4. The van der Waals surface area contributed by atoms with Gasteiger partial charge in [0.25, 0.3) is 5.91 Å². The Morgan fingerprint density at radius 2 is 1.45 bits per heavy atom. The molecule has 0 bridgehead atoms. The van der Waals surface area contributed by atoms with E-state index in [1.807, 2.05) is 20.8 Å². The summed E-state index contributed by atoms with van der Waals surface area (Å²) >= 11 is 3.03. The molecule has 1 saturated heterocycles. The van der Waals surface area contributed by atoms with Crippen molar-refractivity contribution >= 4 is 51.6 Å². The van der Waals surface area contributed by atoms with Crippen LogP contribution < -0.4 is 5.73 Å². The van der Waals surface area contributed by atoms with Gasteiger partial charge in [-0.1, -0.05) is 61.3 Å². The molecule has 0 saturated carbocycles. The first-order valence-electron chi connectivity index (χ1n) is 18.1. The van der Waals surface area contributed by atoms with Crippen LogP contribution in [0.2, 0.25) is 0 Å². The van der Waals surface area contributed by atoms with E-state index in [0.29, 0.717) is 32.1 Å². The fourth-order valence-electron chi connectivity index (χ4n) is 6.28. The lowest BCUT2D eigenvalue weighted by atomic mass is 9.97. The van der Waals surface area contributed by atoms with Crippen molar-refractivity contribution < 1.29 is 43.3 Å². The van der Waals surface area contributed by atoms with E-state index in [-0.39, 0.29) is 24.8 Å². The number of rotatable bonds is 19. The number of unbranched alkanes of at least 4 members (excludes halogenated alkanes) is 1. The number of carboxylic acids is 1. The molecule has 1 heterocycles. The minimum atomic E-state index is -1.22. The Kier molecular flexibility index (Phi) is 19.2. The summed E-state index contributed by atoms with van der Waals surface area (Å²) in [6.07, 6.45) is 0.457. The Morgan fingerprint density at radius 1 is 0.902 bits per heavy atom. The van der Waals surface area contributed by atoms with Crippen LogP contribution in [-0.4, -0.2) is 112 Å². The number of nitrogens with zero attached hydrogens (tertiary/aromatic N) is 3. The summed E-state index contributed by atoms with van der Waals surface area (Å²) in [5.74, 6) is -3.44. The Bertz CT molecular complexity index is 1280. The molecule has 1 fully saturated rings. The van der Waals surface area contributed by atoms with Gasteiger partial charge < -0.3 is 35.0 Å². The van der Waals surface area contributed by atoms with Crippen molar-refractivity contribution in [2.24, 2.45) is 35.3 Å². The first kappa shape index (κ1) is 45.8. The number of hydrogen-bond donors (Lipinski definition) is 2. The summed E-state index contributed by atoms with van der Waals surface area (Å²) in [6, 6.07) is -3.79. The van der Waals surface area contributed by atoms with Crippen LogP contribution in [0.3, 0.4) is 0 Å². The van der Waals surface area contributed by atoms with Crippen LogP contribution in [0.25, 0.3) is 0 Å². The highest BCUT2D eigenvalue weighted by Crippen LogP contribution is 2.27. The number of carbonyl (C=O) groups is 6. The molecular weight excluding hydrogens is 724 g/mol. The van der Waals surface area contributed by atoms with Gasteiger partial charge in [-0.05, 0) is 61.6 Å². The number of halogens is 1. The minimum Gasteiger partial charge on any atom is -0.481 e. The van der Waals surface area contributed by atoms with Crippen LogP contribution in [-0.2, 0) is 38.2 Å². The van der Waals surface area contributed by atoms with Gasteiger partial charge in [-0.15, -0.1) is 0 Å². The van der Waals surface area contributed by atoms with Gasteiger partial charge in [0.2, 0.25) is 11.8 Å². The van der Waals surface area contributed by atoms with Gasteiger partial charge in [0.05, 0.1) is 12.0 Å². The lowest BCUT2D eigenvalue weighted by Crippen LogP contribution is -2.57. The van der Waals surface area contributed by atoms with Crippen LogP contribution in [0.5, 0.6) is 0 Å². The van der Waals surface area contributed by atoms with Crippen molar-refractivity contribution in [2.75, 3.05) is 20.6 Å². The quantitative estimate of drug-likeness (QED) is 0.110. The van der Waals surface area contributed by atoms with Crippen molar-refractivity contribution in [3.8, 4) is 10.8 Å². The average molecular weight is 786 g/mol. The maximum atomic E-state index is 14.2. The fourth-order valence-corrected chi connectivity index (χ4v) is 6.48. The topological polar surface area (TPSA) is 177 Å². The maximum Gasteiger partial charge on any atom is 0.329 e. The average Bonchev–Trinajstić information content (AvgIpc) is 3.56. The number of likely N-dealkylation sites (tertiary alicyclic amines) is 1. The van der Waals surface area contributed by atoms with E-state index in [1.54, 1.807) is 34.6 Å². The molecule has 1 rings (SSSR count). The zero-order valence-electron chi connectivity index (χ0n) is 32.3. The molecule has 3 amide bonds. The molecule has 3 N–H and O–H groups in total. The predicted molar refractivity (Wildman–Crippen MR) is 197 cm³/mol. The second-order valence-corrected chi connectivity index (χ2v) is 15.1. The third kappa shape index (κ3) is 12.5. The minimum absolute atomic E-state index is 0.155. The highest BCUT2D eigenvalue weighted by molar-refractivity contribution is 9.12. The van der Waals surface area contributed by atoms with Crippen molar-refractivity contribution in [2.45, 2.75) is 137 Å². The van der Waals surface area contributed by atoms with Gasteiger partial charge in [-0.3, -0.25) is 19.2 Å². The van der Waals surface area contributed by atoms with Crippen LogP contribution in [0, 0.1) is 40.3 Å². The highest BCUT2D eigenvalue weighted by atomic mass is 79.9. The molecule has 0 unspecified atom stereocenters. The Balaban J connectivity index is 3.32.